The number of thiazole rings is 1. The Bertz CT molecular complexity index is 983. The van der Waals surface area contributed by atoms with Crippen LogP contribution in [0.5, 0.6) is 0 Å². The lowest BCUT2D eigenvalue weighted by Gasteiger charge is -2.26. The van der Waals surface area contributed by atoms with Crippen molar-refractivity contribution in [3.05, 3.63) is 39.4 Å². The van der Waals surface area contributed by atoms with E-state index < -0.39 is 10.0 Å². The lowest BCUT2D eigenvalue weighted by molar-refractivity contribution is -0.117. The smallest absolute Gasteiger partial charge is 0.243 e. The molecule has 0 atom stereocenters. The lowest BCUT2D eigenvalue weighted by atomic mass is 10.2. The molecule has 2 aromatic rings. The summed E-state index contributed by atoms with van der Waals surface area (Å²) in [6, 6.07) is 4.91. The van der Waals surface area contributed by atoms with Gasteiger partial charge in [0.15, 0.2) is 5.13 Å². The monoisotopic (exact) mass is 411 g/mol. The summed E-state index contributed by atoms with van der Waals surface area (Å²) >= 11 is 7.45. The molecule has 138 valence electrons. The molecule has 6 nitrogen and oxygen atoms in total. The number of halogens is 1. The minimum atomic E-state index is -3.63. The van der Waals surface area contributed by atoms with Gasteiger partial charge in [0, 0.05) is 28.8 Å². The summed E-state index contributed by atoms with van der Waals surface area (Å²) in [7, 11) is -3.63. The van der Waals surface area contributed by atoms with Gasteiger partial charge in [-0.15, -0.1) is 11.3 Å². The molecule has 2 heterocycles. The molecule has 1 aromatic heterocycles. The Labute approximate surface area is 161 Å². The zero-order chi connectivity index (χ0) is 18.5. The summed E-state index contributed by atoms with van der Waals surface area (Å²) in [4.78, 5) is 17.5. The molecule has 1 N–H and O–H groups in total. The first-order chi connectivity index (χ1) is 12.4. The van der Waals surface area contributed by atoms with Gasteiger partial charge in [-0.05, 0) is 37.5 Å². The second-order valence-electron chi connectivity index (χ2n) is 6.60. The van der Waals surface area contributed by atoms with Crippen molar-refractivity contribution in [2.75, 3.05) is 11.9 Å². The van der Waals surface area contributed by atoms with Crippen LogP contribution < -0.4 is 5.32 Å². The molecule has 1 saturated carbocycles. The van der Waals surface area contributed by atoms with Crippen molar-refractivity contribution in [2.24, 2.45) is 5.92 Å². The quantitative estimate of drug-likeness (QED) is 0.837. The maximum atomic E-state index is 13.0. The Hall–Kier alpha value is -1.48. The number of sulfonamides is 1. The van der Waals surface area contributed by atoms with Crippen molar-refractivity contribution in [3.8, 4) is 0 Å². The van der Waals surface area contributed by atoms with Gasteiger partial charge in [-0.2, -0.15) is 4.31 Å². The van der Waals surface area contributed by atoms with Gasteiger partial charge in [-0.3, -0.25) is 4.79 Å². The first-order valence-corrected chi connectivity index (χ1v) is 11.0. The van der Waals surface area contributed by atoms with Crippen LogP contribution in [-0.4, -0.2) is 30.2 Å². The molecule has 1 amide bonds. The predicted octanol–water partition coefficient (Wildman–Crippen LogP) is 3.20. The van der Waals surface area contributed by atoms with E-state index in [0.717, 1.165) is 23.4 Å². The normalized spacial score (nSPS) is 17.8. The third-order valence-corrected chi connectivity index (χ3v) is 8.11. The van der Waals surface area contributed by atoms with Gasteiger partial charge in [-0.1, -0.05) is 17.7 Å². The van der Waals surface area contributed by atoms with Crippen LogP contribution in [0.15, 0.2) is 23.1 Å². The van der Waals surface area contributed by atoms with Crippen LogP contribution in [0, 0.1) is 12.8 Å². The molecule has 9 heteroatoms. The van der Waals surface area contributed by atoms with E-state index >= 15 is 0 Å². The standard InChI is InChI=1S/C17H18ClN3O3S2/c1-10-12(18)3-2-4-15(10)26(23,24)21-8-7-13-14(9-21)25-17(19-13)20-16(22)11-5-6-11/h2-4,11H,5-9H2,1H3,(H,19,20,22). The topological polar surface area (TPSA) is 79.4 Å². The number of hydrogen-bond acceptors (Lipinski definition) is 5. The van der Waals surface area contributed by atoms with Crippen molar-refractivity contribution < 1.29 is 13.2 Å². The third-order valence-electron chi connectivity index (χ3n) is 4.71. The number of benzene rings is 1. The summed E-state index contributed by atoms with van der Waals surface area (Å²) in [6.45, 7) is 2.34. The fourth-order valence-electron chi connectivity index (χ4n) is 2.99. The van der Waals surface area contributed by atoms with E-state index in [1.54, 1.807) is 25.1 Å². The number of rotatable bonds is 4. The Morgan fingerprint density at radius 2 is 2.15 bits per heavy atom. The number of nitrogens with one attached hydrogen (secondary N) is 1. The fraction of sp³-hybridized carbons (Fsp3) is 0.412. The van der Waals surface area contributed by atoms with Gasteiger partial charge >= 0.3 is 0 Å². The predicted molar refractivity (Wildman–Crippen MR) is 101 cm³/mol. The number of aromatic nitrogens is 1. The molecule has 2 aliphatic rings. The number of anilines is 1. The second kappa shape index (κ2) is 6.60. The van der Waals surface area contributed by atoms with Crippen LogP contribution in [0.4, 0.5) is 5.13 Å². The zero-order valence-electron chi connectivity index (χ0n) is 14.2. The molecule has 0 spiro atoms. The minimum absolute atomic E-state index is 0.00938. The highest BCUT2D eigenvalue weighted by molar-refractivity contribution is 7.89. The first-order valence-electron chi connectivity index (χ1n) is 8.41. The van der Waals surface area contributed by atoms with E-state index in [1.165, 1.54) is 15.6 Å². The highest BCUT2D eigenvalue weighted by Gasteiger charge is 2.33. The SMILES string of the molecule is Cc1c(Cl)cccc1S(=O)(=O)N1CCc2nc(NC(=O)C3CC3)sc2C1. The number of amides is 1. The van der Waals surface area contributed by atoms with E-state index in [4.69, 9.17) is 11.6 Å². The molecular weight excluding hydrogens is 394 g/mol. The summed E-state index contributed by atoms with van der Waals surface area (Å²) in [5.41, 5.74) is 1.43. The fourth-order valence-corrected chi connectivity index (χ4v) is 5.99. The molecule has 0 saturated heterocycles. The van der Waals surface area contributed by atoms with Crippen LogP contribution in [0.1, 0.15) is 29.0 Å². The Morgan fingerprint density at radius 3 is 2.88 bits per heavy atom. The van der Waals surface area contributed by atoms with Gasteiger partial charge in [0.1, 0.15) is 0 Å². The van der Waals surface area contributed by atoms with Gasteiger partial charge in [0.25, 0.3) is 0 Å². The maximum Gasteiger partial charge on any atom is 0.243 e. The summed E-state index contributed by atoms with van der Waals surface area (Å²) in [6.07, 6.45) is 2.40. The summed E-state index contributed by atoms with van der Waals surface area (Å²) in [5, 5.41) is 3.84. The molecule has 1 aliphatic carbocycles. The number of fused-ring (bicyclic) bond motifs is 1. The largest absolute Gasteiger partial charge is 0.302 e. The Morgan fingerprint density at radius 1 is 1.38 bits per heavy atom. The average molecular weight is 412 g/mol. The Balaban J connectivity index is 1.56. The molecule has 1 fully saturated rings. The van der Waals surface area contributed by atoms with Crippen LogP contribution in [0.3, 0.4) is 0 Å². The molecule has 4 rings (SSSR count). The van der Waals surface area contributed by atoms with E-state index in [-0.39, 0.29) is 23.3 Å². The molecular formula is C17H18ClN3O3S2. The van der Waals surface area contributed by atoms with Crippen LogP contribution in [0.25, 0.3) is 0 Å². The second-order valence-corrected chi connectivity index (χ2v) is 10.0. The highest BCUT2D eigenvalue weighted by atomic mass is 35.5. The Kier molecular flexibility index (Phi) is 4.54. The van der Waals surface area contributed by atoms with E-state index in [1.807, 2.05) is 0 Å². The van der Waals surface area contributed by atoms with Gasteiger partial charge in [0.05, 0.1) is 17.1 Å². The van der Waals surface area contributed by atoms with E-state index in [2.05, 4.69) is 10.3 Å². The van der Waals surface area contributed by atoms with Gasteiger partial charge in [-0.25, -0.2) is 13.4 Å². The molecule has 1 aliphatic heterocycles. The molecule has 26 heavy (non-hydrogen) atoms. The lowest BCUT2D eigenvalue weighted by Crippen LogP contribution is -2.35. The zero-order valence-corrected chi connectivity index (χ0v) is 16.5. The van der Waals surface area contributed by atoms with Crippen LogP contribution in [-0.2, 0) is 27.8 Å². The number of hydrogen-bond donors (Lipinski definition) is 1. The van der Waals surface area contributed by atoms with Gasteiger partial charge in [0.2, 0.25) is 15.9 Å². The van der Waals surface area contributed by atoms with Crippen molar-refractivity contribution in [1.82, 2.24) is 9.29 Å². The van der Waals surface area contributed by atoms with Crippen molar-refractivity contribution >= 4 is 44.0 Å². The number of nitrogens with zero attached hydrogens (tertiary/aromatic N) is 2. The highest BCUT2D eigenvalue weighted by Crippen LogP contribution is 2.34. The number of carbonyl (C=O) groups is 1. The van der Waals surface area contributed by atoms with Gasteiger partial charge < -0.3 is 5.32 Å². The van der Waals surface area contributed by atoms with Crippen LogP contribution in [0.2, 0.25) is 5.02 Å². The van der Waals surface area contributed by atoms with Crippen molar-refractivity contribution in [3.63, 3.8) is 0 Å². The van der Waals surface area contributed by atoms with Crippen molar-refractivity contribution in [2.45, 2.75) is 37.6 Å². The number of carbonyl (C=O) groups excluding carboxylic acids is 1. The molecule has 0 radical (unpaired) electrons. The van der Waals surface area contributed by atoms with E-state index in [9.17, 15) is 13.2 Å². The summed E-state index contributed by atoms with van der Waals surface area (Å²) < 4.78 is 27.5. The average Bonchev–Trinajstić information content (AvgIpc) is 3.37. The first kappa shape index (κ1) is 17.9. The van der Waals surface area contributed by atoms with E-state index in [0.29, 0.717) is 28.7 Å². The molecule has 0 unspecified atom stereocenters. The minimum Gasteiger partial charge on any atom is -0.302 e. The molecule has 1 aromatic carbocycles. The van der Waals surface area contributed by atoms with Crippen LogP contribution >= 0.6 is 22.9 Å². The molecule has 0 bridgehead atoms. The third kappa shape index (κ3) is 3.26. The maximum absolute atomic E-state index is 13.0. The van der Waals surface area contributed by atoms with Crippen molar-refractivity contribution in [1.29, 1.82) is 0 Å². The summed E-state index contributed by atoms with van der Waals surface area (Å²) in [5.74, 6) is 0.119.